The first-order chi connectivity index (χ1) is 9.17. The van der Waals surface area contributed by atoms with Gasteiger partial charge in [-0.05, 0) is 36.9 Å². The Hall–Kier alpha value is -0.783. The Morgan fingerprint density at radius 1 is 1.05 bits per heavy atom. The van der Waals surface area contributed by atoms with Gasteiger partial charge in [-0.1, -0.05) is 19.9 Å². The molecular weight excluding hydrogens is 266 g/mol. The summed E-state index contributed by atoms with van der Waals surface area (Å²) in [4.78, 5) is 0. The quantitative estimate of drug-likeness (QED) is 0.642. The van der Waals surface area contributed by atoms with Gasteiger partial charge in [0.1, 0.15) is 11.6 Å². The average molecular weight is 287 g/mol. The fourth-order valence-electron chi connectivity index (χ4n) is 1.58. The Bertz CT molecular complexity index is 366. The zero-order chi connectivity index (χ0) is 14.1. The van der Waals surface area contributed by atoms with Crippen LogP contribution in [0.1, 0.15) is 32.3 Å². The molecule has 0 unspecified atom stereocenters. The van der Waals surface area contributed by atoms with E-state index in [9.17, 15) is 8.78 Å². The van der Waals surface area contributed by atoms with E-state index in [1.54, 1.807) is 0 Å². The van der Waals surface area contributed by atoms with E-state index in [1.165, 1.54) is 12.1 Å². The van der Waals surface area contributed by atoms with E-state index in [2.05, 4.69) is 0 Å². The van der Waals surface area contributed by atoms with Crippen LogP contribution in [0.2, 0.25) is 6.04 Å². The molecule has 1 radical (unpaired) electrons. The minimum absolute atomic E-state index is 0.493. The van der Waals surface area contributed by atoms with Gasteiger partial charge in [-0.2, -0.15) is 0 Å². The van der Waals surface area contributed by atoms with Gasteiger partial charge in [0.05, 0.1) is 0 Å². The molecule has 1 rings (SSSR count). The smallest absolute Gasteiger partial charge is 0.384 e. The van der Waals surface area contributed by atoms with E-state index < -0.39 is 20.9 Å². The van der Waals surface area contributed by atoms with Crippen molar-refractivity contribution in [2.75, 3.05) is 13.2 Å². The molecule has 1 aromatic rings. The Kier molecular flexibility index (Phi) is 7.86. The van der Waals surface area contributed by atoms with Crippen molar-refractivity contribution in [1.29, 1.82) is 0 Å². The van der Waals surface area contributed by atoms with Gasteiger partial charge in [0.25, 0.3) is 0 Å². The predicted octanol–water partition coefficient (Wildman–Crippen LogP) is 3.85. The molecule has 0 aliphatic carbocycles. The molecule has 107 valence electrons. The molecule has 0 fully saturated rings. The summed E-state index contributed by atoms with van der Waals surface area (Å²) in [6, 6.07) is 4.36. The fraction of sp³-hybridized carbons (Fsp3) is 0.571. The van der Waals surface area contributed by atoms with Crippen molar-refractivity contribution in [1.82, 2.24) is 0 Å². The van der Waals surface area contributed by atoms with Crippen LogP contribution in [-0.4, -0.2) is 22.5 Å². The minimum atomic E-state index is -1.35. The highest BCUT2D eigenvalue weighted by molar-refractivity contribution is 6.44. The lowest BCUT2D eigenvalue weighted by molar-refractivity contribution is 0.196. The van der Waals surface area contributed by atoms with E-state index in [4.69, 9.17) is 8.85 Å². The van der Waals surface area contributed by atoms with Gasteiger partial charge >= 0.3 is 9.28 Å². The number of aryl methyl sites for hydroxylation is 1. The lowest BCUT2D eigenvalue weighted by atomic mass is 10.1. The molecule has 2 nitrogen and oxygen atoms in total. The molecule has 19 heavy (non-hydrogen) atoms. The Morgan fingerprint density at radius 2 is 1.68 bits per heavy atom. The van der Waals surface area contributed by atoms with Gasteiger partial charge in [0.2, 0.25) is 0 Å². The highest BCUT2D eigenvalue weighted by atomic mass is 28.3. The van der Waals surface area contributed by atoms with Gasteiger partial charge in [0, 0.05) is 19.3 Å². The molecular formula is C14H21F2O2Si. The zero-order valence-corrected chi connectivity index (χ0v) is 12.5. The first-order valence-electron chi connectivity index (χ1n) is 6.72. The minimum Gasteiger partial charge on any atom is -0.393 e. The van der Waals surface area contributed by atoms with Crippen LogP contribution in [0.25, 0.3) is 0 Å². The standard InChI is InChI=1S/C14H21F2O2Si/c1-3-8-17-19(18-9-4-2)10-7-12-5-6-13(15)11-14(12)16/h5-6,11H,3-4,7-10H2,1-2H3. The number of benzene rings is 1. The zero-order valence-electron chi connectivity index (χ0n) is 11.5. The maximum absolute atomic E-state index is 13.5. The molecule has 0 atom stereocenters. The van der Waals surface area contributed by atoms with Crippen LogP contribution in [-0.2, 0) is 15.3 Å². The third kappa shape index (κ3) is 6.27. The largest absolute Gasteiger partial charge is 0.393 e. The maximum Gasteiger partial charge on any atom is 0.384 e. The Balaban J connectivity index is 2.49. The summed E-state index contributed by atoms with van der Waals surface area (Å²) in [5.74, 6) is -1.04. The van der Waals surface area contributed by atoms with Crippen LogP contribution in [0.4, 0.5) is 8.78 Å². The van der Waals surface area contributed by atoms with Crippen molar-refractivity contribution in [3.05, 3.63) is 35.4 Å². The summed E-state index contributed by atoms with van der Waals surface area (Å²) in [5.41, 5.74) is 0.518. The van der Waals surface area contributed by atoms with Crippen LogP contribution in [0, 0.1) is 11.6 Å². The van der Waals surface area contributed by atoms with E-state index in [0.29, 0.717) is 31.2 Å². The van der Waals surface area contributed by atoms with Crippen molar-refractivity contribution >= 4 is 9.28 Å². The fourth-order valence-corrected chi connectivity index (χ4v) is 3.29. The lowest BCUT2D eigenvalue weighted by Gasteiger charge is -2.14. The summed E-state index contributed by atoms with van der Waals surface area (Å²) >= 11 is 0. The Labute approximate surface area is 115 Å². The van der Waals surface area contributed by atoms with Crippen LogP contribution in [0.15, 0.2) is 18.2 Å². The maximum atomic E-state index is 13.5. The molecule has 1 aromatic carbocycles. The first-order valence-corrected chi connectivity index (χ1v) is 8.25. The van der Waals surface area contributed by atoms with Crippen molar-refractivity contribution in [2.24, 2.45) is 0 Å². The number of halogens is 2. The van der Waals surface area contributed by atoms with E-state index in [0.717, 1.165) is 18.9 Å². The third-order valence-corrected chi connectivity index (χ3v) is 4.26. The normalized spacial score (nSPS) is 11.2. The van der Waals surface area contributed by atoms with E-state index in [1.807, 2.05) is 13.8 Å². The molecule has 0 spiro atoms. The summed E-state index contributed by atoms with van der Waals surface area (Å²) < 4.78 is 37.6. The molecule has 0 amide bonds. The first kappa shape index (κ1) is 16.3. The molecule has 0 N–H and O–H groups in total. The van der Waals surface area contributed by atoms with Gasteiger partial charge in [-0.25, -0.2) is 8.78 Å². The summed E-state index contributed by atoms with van der Waals surface area (Å²) in [6.45, 7) is 5.42. The van der Waals surface area contributed by atoms with Crippen molar-refractivity contribution in [3.8, 4) is 0 Å². The van der Waals surface area contributed by atoms with Crippen molar-refractivity contribution in [2.45, 2.75) is 39.2 Å². The van der Waals surface area contributed by atoms with Crippen LogP contribution >= 0.6 is 0 Å². The topological polar surface area (TPSA) is 18.5 Å². The summed E-state index contributed by atoms with van der Waals surface area (Å²) in [5, 5.41) is 0. The monoisotopic (exact) mass is 287 g/mol. The predicted molar refractivity (Wildman–Crippen MR) is 73.1 cm³/mol. The number of hydrogen-bond donors (Lipinski definition) is 0. The molecule has 0 heterocycles. The molecule has 0 aliphatic rings. The van der Waals surface area contributed by atoms with Gasteiger partial charge in [-0.3, -0.25) is 0 Å². The van der Waals surface area contributed by atoms with Gasteiger partial charge in [-0.15, -0.1) is 0 Å². The molecule has 5 heteroatoms. The SMILES string of the molecule is CCCO[Si](CCc1ccc(F)cc1F)OCCC. The van der Waals surface area contributed by atoms with Gasteiger partial charge in [0.15, 0.2) is 0 Å². The molecule has 0 saturated carbocycles. The average Bonchev–Trinajstić information content (AvgIpc) is 2.39. The molecule has 0 bridgehead atoms. The highest BCUT2D eigenvalue weighted by Gasteiger charge is 2.16. The van der Waals surface area contributed by atoms with Crippen LogP contribution in [0.3, 0.4) is 0 Å². The highest BCUT2D eigenvalue weighted by Crippen LogP contribution is 2.13. The summed E-state index contributed by atoms with van der Waals surface area (Å²) in [7, 11) is -1.35. The molecule has 0 saturated heterocycles. The van der Waals surface area contributed by atoms with Crippen molar-refractivity contribution < 1.29 is 17.6 Å². The second-order valence-electron chi connectivity index (χ2n) is 4.30. The molecule has 0 aliphatic heterocycles. The third-order valence-electron chi connectivity index (χ3n) is 2.55. The number of rotatable bonds is 9. The van der Waals surface area contributed by atoms with Crippen LogP contribution < -0.4 is 0 Å². The van der Waals surface area contributed by atoms with Gasteiger partial charge < -0.3 is 8.85 Å². The number of hydrogen-bond acceptors (Lipinski definition) is 2. The molecule has 0 aromatic heterocycles. The Morgan fingerprint density at radius 3 is 2.21 bits per heavy atom. The van der Waals surface area contributed by atoms with E-state index >= 15 is 0 Å². The summed E-state index contributed by atoms with van der Waals surface area (Å²) in [6.07, 6.45) is 2.40. The second kappa shape index (κ2) is 9.17. The van der Waals surface area contributed by atoms with Crippen LogP contribution in [0.5, 0.6) is 0 Å². The lowest BCUT2D eigenvalue weighted by Crippen LogP contribution is -2.24. The van der Waals surface area contributed by atoms with E-state index in [-0.39, 0.29) is 0 Å². The second-order valence-corrected chi connectivity index (χ2v) is 6.13. The van der Waals surface area contributed by atoms with Crippen molar-refractivity contribution in [3.63, 3.8) is 0 Å².